The molecule has 0 radical (unpaired) electrons. The van der Waals surface area contributed by atoms with Gasteiger partial charge in [-0.25, -0.2) is 0 Å². The summed E-state index contributed by atoms with van der Waals surface area (Å²) >= 11 is 1.83. The summed E-state index contributed by atoms with van der Waals surface area (Å²) in [6, 6.07) is 20.8. The van der Waals surface area contributed by atoms with Crippen molar-refractivity contribution < 1.29 is 0 Å². The summed E-state index contributed by atoms with van der Waals surface area (Å²) < 4.78 is 2.57. The third kappa shape index (κ3) is 1.51. The van der Waals surface area contributed by atoms with Gasteiger partial charge in [0.15, 0.2) is 0 Å². The van der Waals surface area contributed by atoms with Crippen molar-refractivity contribution in [1.29, 1.82) is 5.41 Å². The van der Waals surface area contributed by atoms with Crippen LogP contribution >= 0.6 is 11.3 Å². The Hall–Kier alpha value is -2.65. The van der Waals surface area contributed by atoms with Gasteiger partial charge in [-0.2, -0.15) is 0 Å². The van der Waals surface area contributed by atoms with E-state index in [0.29, 0.717) is 5.36 Å². The van der Waals surface area contributed by atoms with E-state index in [9.17, 15) is 0 Å². The molecule has 0 spiro atoms. The molecule has 5 rings (SSSR count). The molecule has 2 heterocycles. The summed E-state index contributed by atoms with van der Waals surface area (Å²) in [7, 11) is 0. The molecule has 0 bridgehead atoms. The Kier molecular flexibility index (Phi) is 2.27. The number of hydrogen-bond acceptors (Lipinski definition) is 2. The van der Waals surface area contributed by atoms with Crippen molar-refractivity contribution in [1.82, 2.24) is 4.98 Å². The van der Waals surface area contributed by atoms with Crippen LogP contribution in [0.4, 0.5) is 0 Å². The third-order valence-corrected chi connectivity index (χ3v) is 5.36. The average molecular weight is 300 g/mol. The zero-order chi connectivity index (χ0) is 14.7. The van der Waals surface area contributed by atoms with Gasteiger partial charge in [-0.3, -0.25) is 0 Å². The van der Waals surface area contributed by atoms with E-state index in [0.717, 1.165) is 11.0 Å². The van der Waals surface area contributed by atoms with Crippen molar-refractivity contribution in [3.63, 3.8) is 0 Å². The highest BCUT2D eigenvalue weighted by Crippen LogP contribution is 2.38. The lowest BCUT2D eigenvalue weighted by Crippen LogP contribution is -1.97. The lowest BCUT2D eigenvalue weighted by atomic mass is 10.0. The van der Waals surface area contributed by atoms with Gasteiger partial charge in [0.2, 0.25) is 0 Å². The maximum atomic E-state index is 7.89. The van der Waals surface area contributed by atoms with Gasteiger partial charge in [-0.15, -0.1) is 11.3 Å². The maximum Gasteiger partial charge on any atom is 0.0566 e. The molecule has 0 fully saturated rings. The van der Waals surface area contributed by atoms with Crippen LogP contribution in [0.15, 0.2) is 60.7 Å². The van der Waals surface area contributed by atoms with Gasteiger partial charge in [0.05, 0.1) is 10.9 Å². The molecule has 0 saturated heterocycles. The van der Waals surface area contributed by atoms with Crippen molar-refractivity contribution in [3.8, 4) is 0 Å². The molecule has 22 heavy (non-hydrogen) atoms. The number of hydrogen-bond donors (Lipinski definition) is 2. The summed E-state index contributed by atoms with van der Waals surface area (Å²) in [4.78, 5) is 3.58. The van der Waals surface area contributed by atoms with E-state index in [1.165, 1.54) is 30.9 Å². The molecule has 3 aromatic carbocycles. The van der Waals surface area contributed by atoms with Crippen molar-refractivity contribution in [2.24, 2.45) is 0 Å². The summed E-state index contributed by atoms with van der Waals surface area (Å²) in [5.74, 6) is 0. The van der Waals surface area contributed by atoms with Crippen LogP contribution in [0.1, 0.15) is 0 Å². The zero-order valence-electron chi connectivity index (χ0n) is 11.7. The Morgan fingerprint density at radius 3 is 2.55 bits per heavy atom. The molecule has 104 valence electrons. The number of nitrogens with one attached hydrogen (secondary N) is 2. The lowest BCUT2D eigenvalue weighted by Gasteiger charge is -2.12. The molecule has 0 aliphatic carbocycles. The molecule has 2 aromatic heterocycles. The normalized spacial score (nSPS) is 11.8. The number of H-pyrrole nitrogens is 1. The fourth-order valence-electron chi connectivity index (χ4n) is 3.26. The Labute approximate surface area is 130 Å². The Bertz CT molecular complexity index is 1240. The zero-order valence-corrected chi connectivity index (χ0v) is 12.5. The van der Waals surface area contributed by atoms with E-state index in [1.807, 2.05) is 29.5 Å². The molecule has 5 aromatic rings. The summed E-state index contributed by atoms with van der Waals surface area (Å²) in [5.41, 5.74) is 2.19. The number of rotatable bonds is 0. The smallest absolute Gasteiger partial charge is 0.0566 e. The van der Waals surface area contributed by atoms with Crippen molar-refractivity contribution >= 4 is 53.3 Å². The van der Waals surface area contributed by atoms with E-state index in [-0.39, 0.29) is 0 Å². The predicted octanol–water partition coefficient (Wildman–Crippen LogP) is 5.17. The van der Waals surface area contributed by atoms with Crippen LogP contribution in [0.2, 0.25) is 0 Å². The van der Waals surface area contributed by atoms with Crippen LogP contribution in [-0.4, -0.2) is 4.98 Å². The minimum atomic E-state index is 0.532. The maximum absolute atomic E-state index is 7.89. The van der Waals surface area contributed by atoms with Crippen LogP contribution in [0.3, 0.4) is 0 Å². The Balaban J connectivity index is 2.21. The second-order valence-electron chi connectivity index (χ2n) is 5.54. The first kappa shape index (κ1) is 12.0. The van der Waals surface area contributed by atoms with E-state index in [1.54, 1.807) is 0 Å². The fourth-order valence-corrected chi connectivity index (χ4v) is 4.39. The first-order chi connectivity index (χ1) is 10.8. The van der Waals surface area contributed by atoms with E-state index >= 15 is 0 Å². The van der Waals surface area contributed by atoms with Gasteiger partial charge >= 0.3 is 0 Å². The van der Waals surface area contributed by atoms with E-state index in [4.69, 9.17) is 5.41 Å². The van der Waals surface area contributed by atoms with Crippen LogP contribution in [-0.2, 0) is 0 Å². The molecule has 3 heteroatoms. The SMILES string of the molecule is N=c1ccc2c(c1)[nH]c1c3ccccc3sc3cccc2c31. The quantitative estimate of drug-likeness (QED) is 0.293. The highest BCUT2D eigenvalue weighted by molar-refractivity contribution is 7.25. The van der Waals surface area contributed by atoms with Crippen LogP contribution in [0.25, 0.3) is 42.0 Å². The molecular formula is C19H12N2S. The first-order valence-electron chi connectivity index (χ1n) is 7.22. The number of aromatic amines is 1. The third-order valence-electron chi connectivity index (χ3n) is 4.22. The molecule has 0 amide bonds. The topological polar surface area (TPSA) is 39.6 Å². The minimum absolute atomic E-state index is 0.532. The average Bonchev–Trinajstić information content (AvgIpc) is 2.54. The minimum Gasteiger partial charge on any atom is -0.354 e. The molecule has 0 aliphatic rings. The molecule has 0 aliphatic heterocycles. The number of pyridine rings is 1. The first-order valence-corrected chi connectivity index (χ1v) is 8.03. The van der Waals surface area contributed by atoms with Crippen molar-refractivity contribution in [2.45, 2.75) is 0 Å². The standard InChI is InChI=1S/C19H12N2S/c20-11-8-9-12-13-5-3-7-17-18(13)19(21-15(12)10-11)14-4-1-2-6-16(14)22-17/h1-10,20-21H. The largest absolute Gasteiger partial charge is 0.354 e. The number of benzene rings is 3. The van der Waals surface area contributed by atoms with Gasteiger partial charge in [0.25, 0.3) is 0 Å². The monoisotopic (exact) mass is 300 g/mol. The van der Waals surface area contributed by atoms with Gasteiger partial charge in [0, 0.05) is 31.1 Å². The highest BCUT2D eigenvalue weighted by Gasteiger charge is 2.10. The molecule has 2 nitrogen and oxygen atoms in total. The summed E-state index contributed by atoms with van der Waals surface area (Å²) in [6.45, 7) is 0. The predicted molar refractivity (Wildman–Crippen MR) is 94.5 cm³/mol. The highest BCUT2D eigenvalue weighted by atomic mass is 32.1. The molecular weight excluding hydrogens is 288 g/mol. The Morgan fingerprint density at radius 1 is 0.773 bits per heavy atom. The second kappa shape index (κ2) is 4.18. The van der Waals surface area contributed by atoms with E-state index in [2.05, 4.69) is 47.4 Å². The molecule has 2 N–H and O–H groups in total. The van der Waals surface area contributed by atoms with Crippen molar-refractivity contribution in [2.75, 3.05) is 0 Å². The fraction of sp³-hybridized carbons (Fsp3) is 0. The molecule has 0 unspecified atom stereocenters. The van der Waals surface area contributed by atoms with Gasteiger partial charge < -0.3 is 10.4 Å². The van der Waals surface area contributed by atoms with E-state index < -0.39 is 0 Å². The molecule has 0 saturated carbocycles. The molecule has 0 atom stereocenters. The van der Waals surface area contributed by atoms with Crippen molar-refractivity contribution in [3.05, 3.63) is 66.0 Å². The van der Waals surface area contributed by atoms with Crippen LogP contribution in [0, 0.1) is 5.41 Å². The summed E-state index contributed by atoms with van der Waals surface area (Å²) in [5, 5.41) is 13.4. The lowest BCUT2D eigenvalue weighted by molar-refractivity contribution is 1.28. The van der Waals surface area contributed by atoms with Gasteiger partial charge in [0.1, 0.15) is 0 Å². The van der Waals surface area contributed by atoms with Crippen LogP contribution < -0.4 is 5.36 Å². The number of aromatic nitrogens is 1. The van der Waals surface area contributed by atoms with Crippen LogP contribution in [0.5, 0.6) is 0 Å². The number of fused-ring (bicyclic) bond motifs is 4. The van der Waals surface area contributed by atoms with Gasteiger partial charge in [-0.05, 0) is 29.7 Å². The Morgan fingerprint density at radius 2 is 1.59 bits per heavy atom. The van der Waals surface area contributed by atoms with Gasteiger partial charge in [-0.1, -0.05) is 36.4 Å². The second-order valence-corrected chi connectivity index (χ2v) is 6.62. The summed E-state index contributed by atoms with van der Waals surface area (Å²) in [6.07, 6.45) is 0.